The number of hydrogen-bond donors (Lipinski definition) is 1. The number of carbonyl (C=O) groups is 1. The Hall–Kier alpha value is -1.68. The Kier molecular flexibility index (Phi) is 4.84. The van der Waals surface area contributed by atoms with Crippen LogP contribution in [0.5, 0.6) is 0 Å². The minimum atomic E-state index is -0.931. The first kappa shape index (κ1) is 13.4. The van der Waals surface area contributed by atoms with Crippen LogP contribution in [0, 0.1) is 12.7 Å². The molecule has 1 rings (SSSR count). The Balaban J connectivity index is 2.80. The van der Waals surface area contributed by atoms with Crippen LogP contribution in [0.15, 0.2) is 30.9 Å². The molecule has 0 amide bonds. The molecule has 0 spiro atoms. The summed E-state index contributed by atoms with van der Waals surface area (Å²) in [5, 5.41) is 8.74. The SMILES string of the molecule is C=CCN(CC(=O)O)Cc1cc(C)ccc1F. The van der Waals surface area contributed by atoms with Crippen molar-refractivity contribution < 1.29 is 14.3 Å². The van der Waals surface area contributed by atoms with Gasteiger partial charge in [0, 0.05) is 18.7 Å². The van der Waals surface area contributed by atoms with Crippen molar-refractivity contribution in [3.8, 4) is 0 Å². The van der Waals surface area contributed by atoms with Crippen LogP contribution in [-0.2, 0) is 11.3 Å². The van der Waals surface area contributed by atoms with Crippen LogP contribution >= 0.6 is 0 Å². The van der Waals surface area contributed by atoms with Crippen molar-refractivity contribution in [1.82, 2.24) is 4.90 Å². The highest BCUT2D eigenvalue weighted by atomic mass is 19.1. The van der Waals surface area contributed by atoms with E-state index in [2.05, 4.69) is 6.58 Å². The lowest BCUT2D eigenvalue weighted by Gasteiger charge is -2.18. The summed E-state index contributed by atoms with van der Waals surface area (Å²) in [6, 6.07) is 4.82. The van der Waals surface area contributed by atoms with Gasteiger partial charge in [-0.1, -0.05) is 23.8 Å². The highest BCUT2D eigenvalue weighted by molar-refractivity contribution is 5.69. The van der Waals surface area contributed by atoms with Crippen LogP contribution in [0.1, 0.15) is 11.1 Å². The van der Waals surface area contributed by atoms with E-state index in [1.54, 1.807) is 23.1 Å². The lowest BCUT2D eigenvalue weighted by molar-refractivity contribution is -0.138. The van der Waals surface area contributed by atoms with Crippen molar-refractivity contribution in [2.45, 2.75) is 13.5 Å². The summed E-state index contributed by atoms with van der Waals surface area (Å²) in [5.74, 6) is -1.24. The van der Waals surface area contributed by atoms with Crippen LogP contribution in [0.25, 0.3) is 0 Å². The predicted molar refractivity (Wildman–Crippen MR) is 64.2 cm³/mol. The average Bonchev–Trinajstić information content (AvgIpc) is 2.23. The van der Waals surface area contributed by atoms with Crippen molar-refractivity contribution >= 4 is 5.97 Å². The molecular formula is C13H16FNO2. The number of aryl methyl sites for hydroxylation is 1. The van der Waals surface area contributed by atoms with Gasteiger partial charge >= 0.3 is 5.97 Å². The Morgan fingerprint density at radius 3 is 2.88 bits per heavy atom. The zero-order valence-electron chi connectivity index (χ0n) is 9.82. The zero-order chi connectivity index (χ0) is 12.8. The maximum atomic E-state index is 13.5. The van der Waals surface area contributed by atoms with Gasteiger partial charge < -0.3 is 5.11 Å². The quantitative estimate of drug-likeness (QED) is 0.771. The summed E-state index contributed by atoms with van der Waals surface area (Å²) in [4.78, 5) is 12.3. The van der Waals surface area contributed by atoms with E-state index in [1.807, 2.05) is 6.92 Å². The van der Waals surface area contributed by atoms with Crippen LogP contribution in [0.3, 0.4) is 0 Å². The molecule has 0 aliphatic heterocycles. The fraction of sp³-hybridized carbons (Fsp3) is 0.308. The van der Waals surface area contributed by atoms with E-state index in [0.717, 1.165) is 5.56 Å². The maximum absolute atomic E-state index is 13.5. The van der Waals surface area contributed by atoms with Crippen LogP contribution in [-0.4, -0.2) is 29.1 Å². The van der Waals surface area contributed by atoms with Gasteiger partial charge in [0.25, 0.3) is 0 Å². The molecule has 4 heteroatoms. The normalized spacial score (nSPS) is 10.5. The molecule has 0 fully saturated rings. The molecular weight excluding hydrogens is 221 g/mol. The first-order chi connectivity index (χ1) is 8.02. The van der Waals surface area contributed by atoms with Gasteiger partial charge in [-0.25, -0.2) is 4.39 Å². The second-order valence-corrected chi connectivity index (χ2v) is 3.95. The van der Waals surface area contributed by atoms with Gasteiger partial charge in [0.15, 0.2) is 0 Å². The van der Waals surface area contributed by atoms with Crippen LogP contribution < -0.4 is 0 Å². The molecule has 1 aromatic rings. The summed E-state index contributed by atoms with van der Waals surface area (Å²) in [5.41, 5.74) is 1.46. The molecule has 0 bridgehead atoms. The van der Waals surface area contributed by atoms with Crippen molar-refractivity contribution in [1.29, 1.82) is 0 Å². The Bertz CT molecular complexity index is 418. The van der Waals surface area contributed by atoms with Crippen molar-refractivity contribution in [3.63, 3.8) is 0 Å². The van der Waals surface area contributed by atoms with Crippen LogP contribution in [0.4, 0.5) is 4.39 Å². The van der Waals surface area contributed by atoms with E-state index in [1.165, 1.54) is 6.07 Å². The third-order valence-electron chi connectivity index (χ3n) is 2.34. The summed E-state index contributed by atoms with van der Waals surface area (Å²) >= 11 is 0. The van der Waals surface area contributed by atoms with Gasteiger partial charge in [-0.05, 0) is 13.0 Å². The molecule has 0 aliphatic carbocycles. The third kappa shape index (κ3) is 4.36. The first-order valence-corrected chi connectivity index (χ1v) is 5.33. The number of aliphatic carboxylic acids is 1. The lowest BCUT2D eigenvalue weighted by Crippen LogP contribution is -2.29. The molecule has 0 aromatic heterocycles. The number of halogens is 1. The van der Waals surface area contributed by atoms with E-state index >= 15 is 0 Å². The minimum Gasteiger partial charge on any atom is -0.480 e. The number of hydrogen-bond acceptors (Lipinski definition) is 2. The molecule has 92 valence electrons. The Morgan fingerprint density at radius 2 is 2.29 bits per heavy atom. The van der Waals surface area contributed by atoms with Gasteiger partial charge in [-0.15, -0.1) is 6.58 Å². The second-order valence-electron chi connectivity index (χ2n) is 3.95. The van der Waals surface area contributed by atoms with E-state index in [9.17, 15) is 9.18 Å². The molecule has 0 saturated heterocycles. The summed E-state index contributed by atoms with van der Waals surface area (Å²) in [6.07, 6.45) is 1.61. The van der Waals surface area contributed by atoms with Gasteiger partial charge in [0.2, 0.25) is 0 Å². The van der Waals surface area contributed by atoms with Crippen molar-refractivity contribution in [3.05, 3.63) is 47.8 Å². The Labute approximate surface area is 100 Å². The van der Waals surface area contributed by atoms with E-state index < -0.39 is 5.97 Å². The molecule has 1 aromatic carbocycles. The molecule has 1 N–H and O–H groups in total. The topological polar surface area (TPSA) is 40.5 Å². The van der Waals surface area contributed by atoms with Gasteiger partial charge in [0.1, 0.15) is 5.82 Å². The predicted octanol–water partition coefficient (Wildman–Crippen LogP) is 2.21. The smallest absolute Gasteiger partial charge is 0.317 e. The second kappa shape index (κ2) is 6.15. The summed E-state index contributed by atoms with van der Waals surface area (Å²) < 4.78 is 13.5. The summed E-state index contributed by atoms with van der Waals surface area (Å²) in [7, 11) is 0. The molecule has 17 heavy (non-hydrogen) atoms. The van der Waals surface area contributed by atoms with Crippen LogP contribution in [0.2, 0.25) is 0 Å². The average molecular weight is 237 g/mol. The lowest BCUT2D eigenvalue weighted by atomic mass is 10.1. The molecule has 0 aliphatic rings. The molecule has 0 saturated carbocycles. The largest absolute Gasteiger partial charge is 0.480 e. The van der Waals surface area contributed by atoms with Crippen molar-refractivity contribution in [2.24, 2.45) is 0 Å². The van der Waals surface area contributed by atoms with Gasteiger partial charge in [0.05, 0.1) is 6.54 Å². The molecule has 0 atom stereocenters. The molecule has 0 radical (unpaired) electrons. The summed E-state index contributed by atoms with van der Waals surface area (Å²) in [6.45, 7) is 5.99. The standard InChI is InChI=1S/C13H16FNO2/c1-3-6-15(9-13(16)17)8-11-7-10(2)4-5-12(11)14/h3-5,7H,1,6,8-9H2,2H3,(H,16,17). The third-order valence-corrected chi connectivity index (χ3v) is 2.34. The van der Waals surface area contributed by atoms with E-state index in [-0.39, 0.29) is 18.9 Å². The zero-order valence-corrected chi connectivity index (χ0v) is 9.82. The van der Waals surface area contributed by atoms with Crippen molar-refractivity contribution in [2.75, 3.05) is 13.1 Å². The van der Waals surface area contributed by atoms with E-state index in [0.29, 0.717) is 12.1 Å². The number of nitrogens with zero attached hydrogens (tertiary/aromatic N) is 1. The fourth-order valence-electron chi connectivity index (χ4n) is 1.62. The fourth-order valence-corrected chi connectivity index (χ4v) is 1.62. The minimum absolute atomic E-state index is 0.126. The van der Waals surface area contributed by atoms with Gasteiger partial charge in [-0.2, -0.15) is 0 Å². The molecule has 3 nitrogen and oxygen atoms in total. The van der Waals surface area contributed by atoms with Gasteiger partial charge in [-0.3, -0.25) is 9.69 Å². The number of benzene rings is 1. The molecule has 0 unspecified atom stereocenters. The Morgan fingerprint density at radius 1 is 1.59 bits per heavy atom. The highest BCUT2D eigenvalue weighted by Crippen LogP contribution is 2.12. The number of rotatable bonds is 6. The monoisotopic (exact) mass is 237 g/mol. The maximum Gasteiger partial charge on any atom is 0.317 e. The molecule has 0 heterocycles. The number of carboxylic acid groups (broad SMARTS) is 1. The highest BCUT2D eigenvalue weighted by Gasteiger charge is 2.11. The number of carboxylic acids is 1. The van der Waals surface area contributed by atoms with E-state index in [4.69, 9.17) is 5.11 Å². The first-order valence-electron chi connectivity index (χ1n) is 5.33.